The summed E-state index contributed by atoms with van der Waals surface area (Å²) in [4.78, 5) is 23.2. The van der Waals surface area contributed by atoms with Gasteiger partial charge in [0.25, 0.3) is 0 Å². The van der Waals surface area contributed by atoms with Gasteiger partial charge in [-0.05, 0) is 30.9 Å². The summed E-state index contributed by atoms with van der Waals surface area (Å²) in [6.45, 7) is 0.601. The Balaban J connectivity index is 1.78. The minimum atomic E-state index is 0.00497. The molecule has 1 aliphatic rings. The Morgan fingerprint density at radius 3 is 2.70 bits per heavy atom. The van der Waals surface area contributed by atoms with E-state index in [0.29, 0.717) is 32.2 Å². The highest BCUT2D eigenvalue weighted by molar-refractivity contribution is 5.84. The average Bonchev–Trinajstić information content (AvgIpc) is 2.48. The number of nitrogens with one attached hydrogen (secondary N) is 1. The molecule has 0 heterocycles. The van der Waals surface area contributed by atoms with Gasteiger partial charge in [0.2, 0.25) is 5.91 Å². The molecule has 0 spiro atoms. The SMILES string of the molecule is COc1ccccc1CCNC(=O)C1CCC(=O)CC1. The summed E-state index contributed by atoms with van der Waals surface area (Å²) in [6.07, 6.45) is 3.23. The molecule has 0 bridgehead atoms. The van der Waals surface area contributed by atoms with Crippen molar-refractivity contribution in [3.05, 3.63) is 29.8 Å². The summed E-state index contributed by atoms with van der Waals surface area (Å²) in [5.41, 5.74) is 1.09. The van der Waals surface area contributed by atoms with Crippen molar-refractivity contribution < 1.29 is 14.3 Å². The molecule has 1 N–H and O–H groups in total. The fourth-order valence-electron chi connectivity index (χ4n) is 2.58. The number of benzene rings is 1. The summed E-state index contributed by atoms with van der Waals surface area (Å²) >= 11 is 0. The van der Waals surface area contributed by atoms with Crippen LogP contribution in [-0.2, 0) is 16.0 Å². The minimum Gasteiger partial charge on any atom is -0.496 e. The highest BCUT2D eigenvalue weighted by atomic mass is 16.5. The van der Waals surface area contributed by atoms with Crippen LogP contribution in [0.5, 0.6) is 5.75 Å². The molecule has 0 saturated heterocycles. The van der Waals surface area contributed by atoms with E-state index in [1.165, 1.54) is 0 Å². The number of carbonyl (C=O) groups is 2. The lowest BCUT2D eigenvalue weighted by Crippen LogP contribution is -2.34. The number of Topliss-reactive ketones (excluding diaryl/α,β-unsaturated/α-hetero) is 1. The molecule has 4 heteroatoms. The van der Waals surface area contributed by atoms with E-state index in [9.17, 15) is 9.59 Å². The Labute approximate surface area is 119 Å². The molecule has 4 nitrogen and oxygen atoms in total. The zero-order valence-corrected chi connectivity index (χ0v) is 11.9. The van der Waals surface area contributed by atoms with Gasteiger partial charge in [0.1, 0.15) is 11.5 Å². The van der Waals surface area contributed by atoms with Crippen molar-refractivity contribution in [2.45, 2.75) is 32.1 Å². The van der Waals surface area contributed by atoms with E-state index in [2.05, 4.69) is 5.32 Å². The van der Waals surface area contributed by atoms with Crippen LogP contribution in [0.15, 0.2) is 24.3 Å². The molecule has 1 saturated carbocycles. The number of ketones is 1. The number of hydrogen-bond acceptors (Lipinski definition) is 3. The second-order valence-electron chi connectivity index (χ2n) is 5.17. The molecule has 1 aliphatic carbocycles. The number of methoxy groups -OCH3 is 1. The van der Waals surface area contributed by atoms with Crippen molar-refractivity contribution in [1.29, 1.82) is 0 Å². The van der Waals surface area contributed by atoms with Crippen molar-refractivity contribution >= 4 is 11.7 Å². The molecule has 0 aromatic heterocycles. The zero-order valence-electron chi connectivity index (χ0n) is 11.9. The summed E-state index contributed by atoms with van der Waals surface area (Å²) in [5.74, 6) is 1.21. The highest BCUT2D eigenvalue weighted by Crippen LogP contribution is 2.21. The number of carbonyl (C=O) groups excluding carboxylic acids is 2. The number of amides is 1. The molecule has 0 aliphatic heterocycles. The van der Waals surface area contributed by atoms with Gasteiger partial charge in [-0.15, -0.1) is 0 Å². The van der Waals surface area contributed by atoms with Gasteiger partial charge < -0.3 is 10.1 Å². The number of hydrogen-bond donors (Lipinski definition) is 1. The Hall–Kier alpha value is -1.84. The third kappa shape index (κ3) is 3.83. The van der Waals surface area contributed by atoms with Gasteiger partial charge >= 0.3 is 0 Å². The third-order valence-electron chi connectivity index (χ3n) is 3.80. The van der Waals surface area contributed by atoms with Crippen LogP contribution in [0, 0.1) is 5.92 Å². The first kappa shape index (κ1) is 14.6. The fraction of sp³-hybridized carbons (Fsp3) is 0.500. The summed E-state index contributed by atoms with van der Waals surface area (Å²) in [7, 11) is 1.65. The Kier molecular flexibility index (Phi) is 5.16. The van der Waals surface area contributed by atoms with E-state index in [1.54, 1.807) is 7.11 Å². The molecular weight excluding hydrogens is 254 g/mol. The minimum absolute atomic E-state index is 0.00497. The van der Waals surface area contributed by atoms with Gasteiger partial charge in [-0.3, -0.25) is 9.59 Å². The second kappa shape index (κ2) is 7.08. The lowest BCUT2D eigenvalue weighted by atomic mass is 9.88. The lowest BCUT2D eigenvalue weighted by Gasteiger charge is -2.20. The first-order chi connectivity index (χ1) is 9.70. The van der Waals surface area contributed by atoms with Crippen LogP contribution in [0.25, 0.3) is 0 Å². The lowest BCUT2D eigenvalue weighted by molar-refractivity contribution is -0.128. The van der Waals surface area contributed by atoms with Gasteiger partial charge in [0, 0.05) is 25.3 Å². The van der Waals surface area contributed by atoms with Crippen LogP contribution in [0.4, 0.5) is 0 Å². The van der Waals surface area contributed by atoms with Crippen LogP contribution < -0.4 is 10.1 Å². The van der Waals surface area contributed by atoms with Crippen LogP contribution in [-0.4, -0.2) is 25.3 Å². The summed E-state index contributed by atoms with van der Waals surface area (Å²) in [6, 6.07) is 7.82. The van der Waals surface area contributed by atoms with Crippen molar-refractivity contribution in [3.63, 3.8) is 0 Å². The Bertz CT molecular complexity index is 474. The normalized spacial score (nSPS) is 15.9. The largest absolute Gasteiger partial charge is 0.496 e. The maximum Gasteiger partial charge on any atom is 0.223 e. The first-order valence-corrected chi connectivity index (χ1v) is 7.12. The van der Waals surface area contributed by atoms with Gasteiger partial charge in [-0.25, -0.2) is 0 Å². The monoisotopic (exact) mass is 275 g/mol. The predicted molar refractivity (Wildman–Crippen MR) is 76.7 cm³/mol. The van der Waals surface area contributed by atoms with Crippen LogP contribution in [0.3, 0.4) is 0 Å². The van der Waals surface area contributed by atoms with E-state index in [1.807, 2.05) is 24.3 Å². The van der Waals surface area contributed by atoms with Crippen LogP contribution >= 0.6 is 0 Å². The van der Waals surface area contributed by atoms with Crippen molar-refractivity contribution in [1.82, 2.24) is 5.32 Å². The van der Waals surface area contributed by atoms with E-state index >= 15 is 0 Å². The van der Waals surface area contributed by atoms with E-state index in [4.69, 9.17) is 4.74 Å². The molecule has 20 heavy (non-hydrogen) atoms. The maximum absolute atomic E-state index is 12.0. The average molecular weight is 275 g/mol. The molecule has 108 valence electrons. The molecule has 0 radical (unpaired) electrons. The molecule has 1 fully saturated rings. The smallest absolute Gasteiger partial charge is 0.223 e. The topological polar surface area (TPSA) is 55.4 Å². The van der Waals surface area contributed by atoms with Crippen molar-refractivity contribution in [3.8, 4) is 5.75 Å². The molecule has 1 aromatic carbocycles. The Morgan fingerprint density at radius 2 is 2.00 bits per heavy atom. The third-order valence-corrected chi connectivity index (χ3v) is 3.80. The molecule has 1 amide bonds. The number of ether oxygens (including phenoxy) is 1. The predicted octanol–water partition coefficient (Wildman–Crippen LogP) is 2.11. The molecule has 1 aromatic rings. The van der Waals surface area contributed by atoms with Gasteiger partial charge in [0.15, 0.2) is 0 Å². The van der Waals surface area contributed by atoms with Gasteiger partial charge in [0.05, 0.1) is 7.11 Å². The van der Waals surface area contributed by atoms with E-state index in [-0.39, 0.29) is 17.6 Å². The first-order valence-electron chi connectivity index (χ1n) is 7.12. The molecule has 2 rings (SSSR count). The van der Waals surface area contributed by atoms with E-state index in [0.717, 1.165) is 17.7 Å². The van der Waals surface area contributed by atoms with Crippen LogP contribution in [0.2, 0.25) is 0 Å². The van der Waals surface area contributed by atoms with E-state index < -0.39 is 0 Å². The highest BCUT2D eigenvalue weighted by Gasteiger charge is 2.24. The molecular formula is C16H21NO3. The van der Waals surface area contributed by atoms with Gasteiger partial charge in [-0.1, -0.05) is 18.2 Å². The fourth-order valence-corrected chi connectivity index (χ4v) is 2.58. The quantitative estimate of drug-likeness (QED) is 0.895. The number of rotatable bonds is 5. The standard InChI is InChI=1S/C16H21NO3/c1-20-15-5-3-2-4-12(15)10-11-17-16(19)13-6-8-14(18)9-7-13/h2-5,13H,6-11H2,1H3,(H,17,19). The summed E-state index contributed by atoms with van der Waals surface area (Å²) in [5, 5.41) is 2.96. The molecule has 0 atom stereocenters. The van der Waals surface area contributed by atoms with Gasteiger partial charge in [-0.2, -0.15) is 0 Å². The molecule has 0 unspecified atom stereocenters. The number of para-hydroxylation sites is 1. The summed E-state index contributed by atoms with van der Waals surface area (Å²) < 4.78 is 5.28. The van der Waals surface area contributed by atoms with Crippen LogP contribution in [0.1, 0.15) is 31.2 Å². The van der Waals surface area contributed by atoms with Crippen molar-refractivity contribution in [2.24, 2.45) is 5.92 Å². The maximum atomic E-state index is 12.0. The van der Waals surface area contributed by atoms with Crippen molar-refractivity contribution in [2.75, 3.05) is 13.7 Å². The Morgan fingerprint density at radius 1 is 1.30 bits per heavy atom. The zero-order chi connectivity index (χ0) is 14.4. The second-order valence-corrected chi connectivity index (χ2v) is 5.17.